The van der Waals surface area contributed by atoms with Crippen LogP contribution in [0.5, 0.6) is 0 Å². The second-order valence-electron chi connectivity index (χ2n) is 10.4. The summed E-state index contributed by atoms with van der Waals surface area (Å²) in [6.45, 7) is 8.58. The molecule has 0 spiro atoms. The number of nitrogens with zero attached hydrogens (tertiary/aromatic N) is 1. The molecule has 1 aromatic rings. The summed E-state index contributed by atoms with van der Waals surface area (Å²) >= 11 is 0. The van der Waals surface area contributed by atoms with E-state index in [4.69, 9.17) is 0 Å². The van der Waals surface area contributed by atoms with E-state index in [0.29, 0.717) is 12.8 Å². The average molecular weight is 525 g/mol. The van der Waals surface area contributed by atoms with Crippen molar-refractivity contribution in [3.8, 4) is 0 Å². The summed E-state index contributed by atoms with van der Waals surface area (Å²) in [6, 6.07) is 7.60. The van der Waals surface area contributed by atoms with E-state index < -0.39 is 28.2 Å². The minimum atomic E-state index is -3.55. The van der Waals surface area contributed by atoms with E-state index in [2.05, 4.69) is 16.0 Å². The molecule has 1 aromatic carbocycles. The predicted molar refractivity (Wildman–Crippen MR) is 142 cm³/mol. The minimum absolute atomic E-state index is 0.0725. The molecule has 1 unspecified atom stereocenters. The number of hydrogen-bond acceptors (Lipinski definition) is 6. The van der Waals surface area contributed by atoms with Gasteiger partial charge in [0.1, 0.15) is 6.04 Å². The van der Waals surface area contributed by atoms with Gasteiger partial charge in [0.25, 0.3) is 0 Å². The molecule has 0 aromatic heterocycles. The molecule has 1 aliphatic rings. The highest BCUT2D eigenvalue weighted by Crippen LogP contribution is 2.15. The Morgan fingerprint density at radius 2 is 1.81 bits per heavy atom. The van der Waals surface area contributed by atoms with Crippen LogP contribution in [0.25, 0.3) is 0 Å². The lowest BCUT2D eigenvalue weighted by atomic mass is 9.95. The highest BCUT2D eigenvalue weighted by Gasteiger charge is 2.33. The molecule has 204 valence electrons. The van der Waals surface area contributed by atoms with Crippen LogP contribution in [0.2, 0.25) is 0 Å². The molecule has 0 radical (unpaired) electrons. The van der Waals surface area contributed by atoms with Gasteiger partial charge in [-0.3, -0.25) is 9.59 Å². The van der Waals surface area contributed by atoms with Crippen molar-refractivity contribution in [2.45, 2.75) is 77.6 Å². The zero-order chi connectivity index (χ0) is 26.9. The highest BCUT2D eigenvalue weighted by atomic mass is 32.2. The van der Waals surface area contributed by atoms with Crippen molar-refractivity contribution < 1.29 is 23.1 Å². The van der Waals surface area contributed by atoms with E-state index in [1.807, 2.05) is 58.0 Å². The van der Waals surface area contributed by atoms with Crippen LogP contribution in [-0.2, 0) is 26.0 Å². The van der Waals surface area contributed by atoms with Gasteiger partial charge in [-0.25, -0.2) is 8.42 Å². The van der Waals surface area contributed by atoms with Gasteiger partial charge in [0.15, 0.2) is 0 Å². The van der Waals surface area contributed by atoms with E-state index in [0.717, 1.165) is 31.2 Å². The number of aliphatic hydroxyl groups excluding tert-OH is 1. The Morgan fingerprint density at radius 1 is 1.14 bits per heavy atom. The normalized spacial score (nSPS) is 19.6. The molecule has 0 saturated carbocycles. The molecule has 1 saturated heterocycles. The van der Waals surface area contributed by atoms with Gasteiger partial charge in [-0.15, -0.1) is 0 Å². The van der Waals surface area contributed by atoms with Crippen LogP contribution in [0.1, 0.15) is 52.5 Å². The van der Waals surface area contributed by atoms with Crippen LogP contribution < -0.4 is 16.0 Å². The van der Waals surface area contributed by atoms with Gasteiger partial charge in [0.05, 0.1) is 24.4 Å². The fourth-order valence-corrected chi connectivity index (χ4v) is 5.37. The first-order valence-corrected chi connectivity index (χ1v) is 14.8. The van der Waals surface area contributed by atoms with Crippen molar-refractivity contribution in [2.24, 2.45) is 11.8 Å². The maximum atomic E-state index is 13.5. The fraction of sp³-hybridized carbons (Fsp3) is 0.692. The Bertz CT molecular complexity index is 935. The summed E-state index contributed by atoms with van der Waals surface area (Å²) in [5, 5.41) is 20.2. The van der Waals surface area contributed by atoms with Gasteiger partial charge in [0.2, 0.25) is 21.8 Å². The molecular formula is C26H44N4O5S. The standard InChI is InChI=1S/C26H44N4O5S/c1-6-19(4)24(29-25(32)21-13-10-14-27-21)26(33)28-22(15-20-11-8-7-9-12-20)23(31)17-30(16-18(2)3)36(5,34)35/h7-9,11-12,18-19,21-24,27,31H,6,10,13-17H2,1-5H3,(H,28,33)(H,29,32)/t19?,21-,22-,23+,24-/m0/s1. The Kier molecular flexibility index (Phi) is 11.8. The molecule has 36 heavy (non-hydrogen) atoms. The number of sulfonamides is 1. The van der Waals surface area contributed by atoms with E-state index >= 15 is 0 Å². The van der Waals surface area contributed by atoms with Crippen molar-refractivity contribution in [1.82, 2.24) is 20.3 Å². The molecule has 1 fully saturated rings. The Hall–Kier alpha value is -2.01. The third kappa shape index (κ3) is 9.46. The van der Waals surface area contributed by atoms with Crippen molar-refractivity contribution >= 4 is 21.8 Å². The number of amides is 2. The molecular weight excluding hydrogens is 480 g/mol. The van der Waals surface area contributed by atoms with Crippen LogP contribution in [0, 0.1) is 11.8 Å². The second kappa shape index (κ2) is 14.1. The van der Waals surface area contributed by atoms with Crippen LogP contribution in [0.15, 0.2) is 30.3 Å². The number of aliphatic hydroxyl groups is 1. The van der Waals surface area contributed by atoms with Crippen LogP contribution in [0.3, 0.4) is 0 Å². The van der Waals surface area contributed by atoms with Crippen LogP contribution >= 0.6 is 0 Å². The summed E-state index contributed by atoms with van der Waals surface area (Å²) in [6.07, 6.45) is 2.62. The topological polar surface area (TPSA) is 128 Å². The third-order valence-corrected chi connectivity index (χ3v) is 7.93. The minimum Gasteiger partial charge on any atom is -0.390 e. The molecule has 10 heteroatoms. The zero-order valence-corrected chi connectivity index (χ0v) is 23.1. The lowest BCUT2D eigenvalue weighted by Gasteiger charge is -2.32. The van der Waals surface area contributed by atoms with E-state index in [1.165, 1.54) is 4.31 Å². The van der Waals surface area contributed by atoms with E-state index in [9.17, 15) is 23.1 Å². The number of carbonyl (C=O) groups excluding carboxylic acids is 2. The highest BCUT2D eigenvalue weighted by molar-refractivity contribution is 7.88. The van der Waals surface area contributed by atoms with E-state index in [1.54, 1.807) is 0 Å². The summed E-state index contributed by atoms with van der Waals surface area (Å²) < 4.78 is 26.0. The van der Waals surface area contributed by atoms with Crippen molar-refractivity contribution in [3.63, 3.8) is 0 Å². The fourth-order valence-electron chi connectivity index (χ4n) is 4.38. The monoisotopic (exact) mass is 524 g/mol. The largest absolute Gasteiger partial charge is 0.390 e. The second-order valence-corrected chi connectivity index (χ2v) is 12.3. The summed E-state index contributed by atoms with van der Waals surface area (Å²) in [5.41, 5.74) is 0.899. The first-order chi connectivity index (χ1) is 16.9. The molecule has 4 N–H and O–H groups in total. The quantitative estimate of drug-likeness (QED) is 0.290. The maximum Gasteiger partial charge on any atom is 0.243 e. The number of benzene rings is 1. The third-order valence-electron chi connectivity index (χ3n) is 6.69. The van der Waals surface area contributed by atoms with Crippen molar-refractivity contribution in [2.75, 3.05) is 25.9 Å². The number of nitrogens with one attached hydrogen (secondary N) is 3. The Balaban J connectivity index is 2.24. The van der Waals surface area contributed by atoms with Gasteiger partial charge in [0, 0.05) is 13.1 Å². The molecule has 2 amide bonds. The van der Waals surface area contributed by atoms with Gasteiger partial charge in [-0.1, -0.05) is 64.4 Å². The Labute approximate surface area is 216 Å². The van der Waals surface area contributed by atoms with Gasteiger partial charge in [-0.2, -0.15) is 4.31 Å². The molecule has 1 heterocycles. The van der Waals surface area contributed by atoms with Gasteiger partial charge >= 0.3 is 0 Å². The van der Waals surface area contributed by atoms with Gasteiger partial charge in [-0.05, 0) is 43.2 Å². The number of rotatable bonds is 14. The van der Waals surface area contributed by atoms with E-state index in [-0.39, 0.29) is 42.8 Å². The SMILES string of the molecule is CCC(C)[C@H](NC(=O)[C@@H]1CCCN1)C(=O)N[C@@H](Cc1ccccc1)[C@H](O)CN(CC(C)C)S(C)(=O)=O. The Morgan fingerprint density at radius 3 is 2.33 bits per heavy atom. The van der Waals surface area contributed by atoms with Crippen LogP contribution in [-0.4, -0.2) is 79.8 Å². The lowest BCUT2D eigenvalue weighted by molar-refractivity contribution is -0.132. The smallest absolute Gasteiger partial charge is 0.243 e. The van der Waals surface area contributed by atoms with Gasteiger partial charge < -0.3 is 21.1 Å². The maximum absolute atomic E-state index is 13.5. The number of carbonyl (C=O) groups is 2. The summed E-state index contributed by atoms with van der Waals surface area (Å²) in [5.74, 6) is -0.639. The molecule has 0 aliphatic carbocycles. The van der Waals surface area contributed by atoms with Crippen LogP contribution in [0.4, 0.5) is 0 Å². The lowest BCUT2D eigenvalue weighted by Crippen LogP contribution is -2.58. The first-order valence-electron chi connectivity index (χ1n) is 12.9. The summed E-state index contributed by atoms with van der Waals surface area (Å²) in [7, 11) is -3.55. The molecule has 2 rings (SSSR count). The molecule has 1 aliphatic heterocycles. The first kappa shape index (κ1) is 30.2. The molecule has 0 bridgehead atoms. The molecule has 9 nitrogen and oxygen atoms in total. The average Bonchev–Trinajstić information content (AvgIpc) is 3.36. The van der Waals surface area contributed by atoms with Crippen molar-refractivity contribution in [3.05, 3.63) is 35.9 Å². The zero-order valence-electron chi connectivity index (χ0n) is 22.2. The summed E-state index contributed by atoms with van der Waals surface area (Å²) in [4.78, 5) is 26.2. The van der Waals surface area contributed by atoms with Crippen molar-refractivity contribution in [1.29, 1.82) is 0 Å². The number of hydrogen-bond donors (Lipinski definition) is 4. The molecule has 5 atom stereocenters. The predicted octanol–water partition coefficient (Wildman–Crippen LogP) is 1.28.